The molecule has 242 valence electrons. The summed E-state index contributed by atoms with van der Waals surface area (Å²) in [5.41, 5.74) is 21.9. The van der Waals surface area contributed by atoms with Crippen LogP contribution in [0.25, 0.3) is 0 Å². The molecule has 13 heteroatoms. The quantitative estimate of drug-likeness (QED) is 0.486. The molecule has 6 aliphatic rings. The fourth-order valence-corrected chi connectivity index (χ4v) is 6.45. The third kappa shape index (κ3) is 5.29. The van der Waals surface area contributed by atoms with Crippen LogP contribution in [0.1, 0.15) is 13.8 Å². The highest BCUT2D eigenvalue weighted by Crippen LogP contribution is 2.40. The molecule has 0 fully saturated rings. The number of allylic oxidation sites excluding steroid dienone is 2. The van der Waals surface area contributed by atoms with Crippen LogP contribution in [0.3, 0.4) is 0 Å². The summed E-state index contributed by atoms with van der Waals surface area (Å²) in [4.78, 5) is 28.6. The minimum Gasteiger partial charge on any atom is -0.397 e. The zero-order valence-corrected chi connectivity index (χ0v) is 27.5. The highest BCUT2D eigenvalue weighted by Gasteiger charge is 2.38. The molecule has 0 aromatic heterocycles. The number of hydrogen-bond acceptors (Lipinski definition) is 12. The molecule has 2 aromatic rings. The fraction of sp³-hybridized carbons (Fsp3) is 0.235. The normalized spacial score (nSPS) is 19.9. The summed E-state index contributed by atoms with van der Waals surface area (Å²) < 4.78 is 0. The lowest BCUT2D eigenvalue weighted by molar-refractivity contribution is -0.0951. The van der Waals surface area contributed by atoms with Gasteiger partial charge in [0.25, 0.3) is 0 Å². The topological polar surface area (TPSA) is 115 Å². The van der Waals surface area contributed by atoms with Crippen LogP contribution < -0.4 is 21.3 Å². The van der Waals surface area contributed by atoms with Gasteiger partial charge in [-0.3, -0.25) is 9.68 Å². The Balaban J connectivity index is 0.000000150. The van der Waals surface area contributed by atoms with Crippen molar-refractivity contribution in [3.8, 4) is 0 Å². The Morgan fingerprint density at radius 1 is 0.660 bits per heavy atom. The minimum atomic E-state index is 0.573. The molecule has 8 rings (SSSR count). The Morgan fingerprint density at radius 3 is 1.68 bits per heavy atom. The van der Waals surface area contributed by atoms with E-state index in [1.807, 2.05) is 74.2 Å². The van der Waals surface area contributed by atoms with Crippen molar-refractivity contribution >= 4 is 35.4 Å². The van der Waals surface area contributed by atoms with Crippen LogP contribution in [0.5, 0.6) is 0 Å². The van der Waals surface area contributed by atoms with Gasteiger partial charge in [-0.25, -0.2) is 20.1 Å². The number of rotatable bonds is 4. The molecule has 0 unspecified atom stereocenters. The van der Waals surface area contributed by atoms with Gasteiger partial charge < -0.3 is 31.1 Å². The SMILES string of the molecule is CON1C=C2C=NC3=C(N2C1)N(c1ccccc1)CC(C)=C3N.CON1C=C2C=NC3=C(N2C1)N(c1ccccc1Cl)CC(C)=C3N. The second-order valence-corrected chi connectivity index (χ2v) is 12.1. The Hall–Kier alpha value is -5.17. The van der Waals surface area contributed by atoms with E-state index in [1.54, 1.807) is 24.3 Å². The van der Waals surface area contributed by atoms with Gasteiger partial charge in [-0.1, -0.05) is 41.9 Å². The Morgan fingerprint density at radius 2 is 1.15 bits per heavy atom. The maximum absolute atomic E-state index is 6.45. The summed E-state index contributed by atoms with van der Waals surface area (Å²) in [6, 6.07) is 18.1. The zero-order chi connectivity index (χ0) is 32.8. The van der Waals surface area contributed by atoms with Gasteiger partial charge in [0.05, 0.1) is 72.5 Å². The van der Waals surface area contributed by atoms with Gasteiger partial charge in [-0.15, -0.1) is 0 Å². The smallest absolute Gasteiger partial charge is 0.144 e. The molecule has 0 atom stereocenters. The van der Waals surface area contributed by atoms with E-state index in [4.69, 9.17) is 32.7 Å². The van der Waals surface area contributed by atoms with E-state index in [2.05, 4.69) is 48.6 Å². The van der Waals surface area contributed by atoms with Crippen molar-refractivity contribution in [2.24, 2.45) is 21.5 Å². The molecule has 47 heavy (non-hydrogen) atoms. The number of halogens is 1. The number of nitrogens with zero attached hydrogens (tertiary/aromatic N) is 8. The predicted molar refractivity (Wildman–Crippen MR) is 185 cm³/mol. The Bertz CT molecular complexity index is 1860. The third-order valence-electron chi connectivity index (χ3n) is 8.74. The minimum absolute atomic E-state index is 0.573. The average Bonchev–Trinajstić information content (AvgIpc) is 3.73. The number of anilines is 2. The molecule has 2 aromatic carbocycles. The lowest BCUT2D eigenvalue weighted by Gasteiger charge is -2.40. The molecule has 6 heterocycles. The molecule has 0 bridgehead atoms. The molecule has 4 N–H and O–H groups in total. The molecular formula is C34H37ClN10O2. The van der Waals surface area contributed by atoms with Crippen molar-refractivity contribution in [2.75, 3.05) is 50.4 Å². The van der Waals surface area contributed by atoms with E-state index in [9.17, 15) is 0 Å². The molecule has 0 radical (unpaired) electrons. The van der Waals surface area contributed by atoms with E-state index in [1.165, 1.54) is 0 Å². The first-order valence-corrected chi connectivity index (χ1v) is 15.6. The van der Waals surface area contributed by atoms with E-state index in [0.29, 0.717) is 24.9 Å². The van der Waals surface area contributed by atoms with Gasteiger partial charge in [0.15, 0.2) is 0 Å². The fourth-order valence-electron chi connectivity index (χ4n) is 6.21. The van der Waals surface area contributed by atoms with Gasteiger partial charge in [0, 0.05) is 18.8 Å². The molecule has 0 amide bonds. The van der Waals surface area contributed by atoms with Gasteiger partial charge in [0.2, 0.25) is 0 Å². The monoisotopic (exact) mass is 652 g/mol. The van der Waals surface area contributed by atoms with Gasteiger partial charge in [-0.2, -0.15) is 0 Å². The molecule has 12 nitrogen and oxygen atoms in total. The highest BCUT2D eigenvalue weighted by atomic mass is 35.5. The lowest BCUT2D eigenvalue weighted by atomic mass is 10.1. The van der Waals surface area contributed by atoms with Crippen LogP contribution >= 0.6 is 11.6 Å². The van der Waals surface area contributed by atoms with Crippen LogP contribution in [0.2, 0.25) is 5.02 Å². The molecular weight excluding hydrogens is 616 g/mol. The lowest BCUT2D eigenvalue weighted by Crippen LogP contribution is -2.43. The number of fused-ring (bicyclic) bond motifs is 4. The number of hydroxylamine groups is 4. The first kappa shape index (κ1) is 30.5. The predicted octanol–water partition coefficient (Wildman–Crippen LogP) is 4.59. The number of para-hydroxylation sites is 2. The van der Waals surface area contributed by atoms with Crippen molar-refractivity contribution < 1.29 is 9.68 Å². The second-order valence-electron chi connectivity index (χ2n) is 11.7. The number of aliphatic imine (C=N–C) groups is 2. The Labute approximate surface area is 279 Å². The molecule has 6 aliphatic heterocycles. The molecule has 0 saturated heterocycles. The van der Waals surface area contributed by atoms with Crippen LogP contribution in [0.4, 0.5) is 11.4 Å². The van der Waals surface area contributed by atoms with E-state index < -0.39 is 0 Å². The summed E-state index contributed by atoms with van der Waals surface area (Å²) in [5, 5.41) is 4.23. The van der Waals surface area contributed by atoms with E-state index in [0.717, 1.165) is 74.9 Å². The molecule has 0 spiro atoms. The Kier molecular flexibility index (Phi) is 7.92. The van der Waals surface area contributed by atoms with E-state index >= 15 is 0 Å². The summed E-state index contributed by atoms with van der Waals surface area (Å²) in [7, 11) is 3.31. The van der Waals surface area contributed by atoms with Crippen molar-refractivity contribution in [1.29, 1.82) is 0 Å². The number of nitrogens with two attached hydrogens (primary N) is 2. The maximum Gasteiger partial charge on any atom is 0.144 e. The van der Waals surface area contributed by atoms with Crippen LogP contribution in [0.15, 0.2) is 134 Å². The summed E-state index contributed by atoms with van der Waals surface area (Å²) in [6.07, 6.45) is 7.51. The van der Waals surface area contributed by atoms with E-state index in [-0.39, 0.29) is 0 Å². The summed E-state index contributed by atoms with van der Waals surface area (Å²) in [6.45, 7) is 6.69. The van der Waals surface area contributed by atoms with Crippen LogP contribution in [0, 0.1) is 0 Å². The van der Waals surface area contributed by atoms with Crippen LogP contribution in [-0.2, 0) is 9.68 Å². The van der Waals surface area contributed by atoms with Gasteiger partial charge >= 0.3 is 0 Å². The van der Waals surface area contributed by atoms with Gasteiger partial charge in [0.1, 0.15) is 36.4 Å². The molecule has 0 aliphatic carbocycles. The molecule has 0 saturated carbocycles. The van der Waals surface area contributed by atoms with Crippen molar-refractivity contribution in [1.82, 2.24) is 19.9 Å². The first-order valence-electron chi connectivity index (χ1n) is 15.2. The third-order valence-corrected chi connectivity index (χ3v) is 9.06. The number of hydrogen-bond donors (Lipinski definition) is 2. The van der Waals surface area contributed by atoms with Gasteiger partial charge in [-0.05, 0) is 49.3 Å². The highest BCUT2D eigenvalue weighted by molar-refractivity contribution is 6.33. The average molecular weight is 653 g/mol. The van der Waals surface area contributed by atoms with Crippen molar-refractivity contribution in [3.63, 3.8) is 0 Å². The maximum atomic E-state index is 6.45. The standard InChI is InChI=1S/C17H18ClN5O.C17H19N5O/c1-11-8-22(14-6-4-3-5-13(14)18)17-16(15(11)19)20-7-12-9-21(24-2)10-23(12)17;1-12-9-21(13-6-4-3-5-7-13)17-16(15(12)18)19-8-14-10-20(23-2)11-22(14)17/h3-7,9H,8,10,19H2,1-2H3;3-8,10H,9,11,18H2,1-2H3. The first-order chi connectivity index (χ1) is 22.8. The number of benzene rings is 2. The largest absolute Gasteiger partial charge is 0.397 e. The van der Waals surface area contributed by atoms with Crippen molar-refractivity contribution in [3.05, 3.63) is 129 Å². The van der Waals surface area contributed by atoms with Crippen LogP contribution in [-0.4, -0.2) is 73.0 Å². The second kappa shape index (κ2) is 12.2. The zero-order valence-electron chi connectivity index (χ0n) is 26.8. The summed E-state index contributed by atoms with van der Waals surface area (Å²) in [5.74, 6) is 1.94. The van der Waals surface area contributed by atoms with Crippen molar-refractivity contribution in [2.45, 2.75) is 13.8 Å². The summed E-state index contributed by atoms with van der Waals surface area (Å²) >= 11 is 6.45.